The lowest BCUT2D eigenvalue weighted by Gasteiger charge is -2.30. The number of carbonyl (C=O) groups excluding carboxylic acids is 2. The molecule has 2 aromatic rings. The Bertz CT molecular complexity index is 1110. The van der Waals surface area contributed by atoms with Crippen molar-refractivity contribution in [2.45, 2.75) is 32.7 Å². The molecular formula is C21H18F2N4O2S. The van der Waals surface area contributed by atoms with Gasteiger partial charge in [0, 0.05) is 16.8 Å². The second-order valence-electron chi connectivity index (χ2n) is 7.24. The second kappa shape index (κ2) is 7.80. The number of hydrogen-bond acceptors (Lipinski definition) is 4. The number of carbonyl (C=O) groups is 2. The number of alkyl halides is 2. The highest BCUT2D eigenvalue weighted by Gasteiger charge is 2.50. The standard InChI is InChI=1S/C21H18F2N4O2S/c1-21(2)19(29)26(15-4-3-12(11-24)13(7-15)9-22)20(30)27(21)16-5-6-17(18(25)28)14(8-16)10-23/h3-8H,9-10H2,1-2H3,(H2,25,28). The van der Waals surface area contributed by atoms with E-state index in [1.165, 1.54) is 41.3 Å². The van der Waals surface area contributed by atoms with E-state index in [1.807, 2.05) is 6.07 Å². The van der Waals surface area contributed by atoms with Gasteiger partial charge in [-0.25, -0.2) is 8.78 Å². The van der Waals surface area contributed by atoms with Crippen LogP contribution >= 0.6 is 12.2 Å². The van der Waals surface area contributed by atoms with Crippen LogP contribution in [0.15, 0.2) is 36.4 Å². The molecule has 1 fully saturated rings. The minimum absolute atomic E-state index is 0.0482. The van der Waals surface area contributed by atoms with Crippen molar-refractivity contribution < 1.29 is 18.4 Å². The smallest absolute Gasteiger partial charge is 0.259 e. The summed E-state index contributed by atoms with van der Waals surface area (Å²) in [4.78, 5) is 27.5. The maximum absolute atomic E-state index is 13.5. The molecule has 154 valence electrons. The largest absolute Gasteiger partial charge is 0.366 e. The minimum Gasteiger partial charge on any atom is -0.366 e. The van der Waals surface area contributed by atoms with E-state index < -0.39 is 24.8 Å². The number of anilines is 2. The van der Waals surface area contributed by atoms with E-state index in [4.69, 9.17) is 23.2 Å². The number of amides is 2. The van der Waals surface area contributed by atoms with Crippen LogP contribution in [0, 0.1) is 11.3 Å². The average Bonchev–Trinajstić information content (AvgIpc) is 2.90. The predicted octanol–water partition coefficient (Wildman–Crippen LogP) is 3.51. The van der Waals surface area contributed by atoms with Crippen LogP contribution < -0.4 is 15.5 Å². The molecule has 9 heteroatoms. The first-order chi connectivity index (χ1) is 14.2. The number of nitriles is 1. The van der Waals surface area contributed by atoms with Gasteiger partial charge in [0.05, 0.1) is 17.3 Å². The van der Waals surface area contributed by atoms with Gasteiger partial charge in [0.2, 0.25) is 5.91 Å². The van der Waals surface area contributed by atoms with Crippen molar-refractivity contribution in [2.75, 3.05) is 9.80 Å². The highest BCUT2D eigenvalue weighted by Crippen LogP contribution is 2.37. The van der Waals surface area contributed by atoms with Gasteiger partial charge in [-0.15, -0.1) is 0 Å². The van der Waals surface area contributed by atoms with Crippen molar-refractivity contribution in [3.63, 3.8) is 0 Å². The number of thiocarbonyl (C=S) groups is 1. The summed E-state index contributed by atoms with van der Waals surface area (Å²) >= 11 is 5.54. The van der Waals surface area contributed by atoms with Crippen molar-refractivity contribution in [2.24, 2.45) is 5.73 Å². The maximum atomic E-state index is 13.5. The van der Waals surface area contributed by atoms with Gasteiger partial charge in [0.25, 0.3) is 5.91 Å². The maximum Gasteiger partial charge on any atom is 0.259 e. The second-order valence-corrected chi connectivity index (χ2v) is 7.61. The Kier molecular flexibility index (Phi) is 5.55. The third-order valence-corrected chi connectivity index (χ3v) is 5.40. The Balaban J connectivity index is 2.10. The van der Waals surface area contributed by atoms with Crippen LogP contribution in [0.5, 0.6) is 0 Å². The van der Waals surface area contributed by atoms with Crippen LogP contribution in [0.4, 0.5) is 20.2 Å². The molecule has 6 nitrogen and oxygen atoms in total. The van der Waals surface area contributed by atoms with Crippen LogP contribution in [0.25, 0.3) is 0 Å². The van der Waals surface area contributed by atoms with E-state index >= 15 is 0 Å². The zero-order valence-electron chi connectivity index (χ0n) is 16.3. The molecule has 1 aliphatic heterocycles. The van der Waals surface area contributed by atoms with Gasteiger partial charge < -0.3 is 10.6 Å². The van der Waals surface area contributed by atoms with E-state index in [9.17, 15) is 18.4 Å². The number of primary amides is 1. The first kappa shape index (κ1) is 21.3. The van der Waals surface area contributed by atoms with Gasteiger partial charge in [-0.05, 0) is 68.0 Å². The molecule has 0 radical (unpaired) electrons. The van der Waals surface area contributed by atoms with E-state index in [0.29, 0.717) is 11.4 Å². The summed E-state index contributed by atoms with van der Waals surface area (Å²) in [6.45, 7) is 1.52. The van der Waals surface area contributed by atoms with Crippen molar-refractivity contribution in [1.82, 2.24) is 0 Å². The highest BCUT2D eigenvalue weighted by atomic mass is 32.1. The molecule has 2 aromatic carbocycles. The number of nitrogens with zero attached hydrogens (tertiary/aromatic N) is 3. The van der Waals surface area contributed by atoms with E-state index in [1.54, 1.807) is 18.7 Å². The lowest BCUT2D eigenvalue weighted by molar-refractivity contribution is -0.120. The average molecular weight is 428 g/mol. The van der Waals surface area contributed by atoms with Crippen molar-refractivity contribution in [1.29, 1.82) is 5.26 Å². The third-order valence-electron chi connectivity index (χ3n) is 5.04. The Hall–Kier alpha value is -3.38. The van der Waals surface area contributed by atoms with Crippen LogP contribution in [0.3, 0.4) is 0 Å². The lowest BCUT2D eigenvalue weighted by atomic mass is 10.0. The Morgan fingerprint density at radius 1 is 1.13 bits per heavy atom. The topological polar surface area (TPSA) is 90.4 Å². The normalized spacial score (nSPS) is 15.4. The van der Waals surface area contributed by atoms with E-state index in [-0.39, 0.29) is 33.3 Å². The van der Waals surface area contributed by atoms with Crippen LogP contribution in [0.1, 0.15) is 40.9 Å². The summed E-state index contributed by atoms with van der Waals surface area (Å²) in [5.41, 5.74) is 5.34. The number of hydrogen-bond donors (Lipinski definition) is 1. The highest BCUT2D eigenvalue weighted by molar-refractivity contribution is 7.81. The van der Waals surface area contributed by atoms with E-state index in [2.05, 4.69) is 0 Å². The van der Waals surface area contributed by atoms with Gasteiger partial charge in [0.15, 0.2) is 5.11 Å². The number of halogens is 2. The van der Waals surface area contributed by atoms with Gasteiger partial charge >= 0.3 is 0 Å². The molecule has 1 aliphatic rings. The van der Waals surface area contributed by atoms with Gasteiger partial charge in [-0.2, -0.15) is 5.26 Å². The van der Waals surface area contributed by atoms with Crippen LogP contribution in [0.2, 0.25) is 0 Å². The first-order valence-corrected chi connectivity index (χ1v) is 9.34. The molecule has 0 spiro atoms. The van der Waals surface area contributed by atoms with Gasteiger partial charge in [0.1, 0.15) is 18.9 Å². The molecule has 3 rings (SSSR count). The fourth-order valence-electron chi connectivity index (χ4n) is 3.47. The van der Waals surface area contributed by atoms with Crippen LogP contribution in [-0.4, -0.2) is 22.5 Å². The molecule has 0 atom stereocenters. The zero-order chi connectivity index (χ0) is 22.2. The van der Waals surface area contributed by atoms with Gasteiger partial charge in [-0.3, -0.25) is 14.5 Å². The minimum atomic E-state index is -1.14. The molecule has 0 unspecified atom stereocenters. The fraction of sp³-hybridized carbons (Fsp3) is 0.238. The van der Waals surface area contributed by atoms with Gasteiger partial charge in [-0.1, -0.05) is 0 Å². The molecule has 0 saturated carbocycles. The summed E-state index contributed by atoms with van der Waals surface area (Å²) in [5.74, 6) is -1.13. The van der Waals surface area contributed by atoms with Crippen molar-refractivity contribution in [3.05, 3.63) is 58.7 Å². The SMILES string of the molecule is CC1(C)C(=O)N(c2ccc(C#N)c(CF)c2)C(=S)N1c1ccc(C(N)=O)c(CF)c1. The molecule has 0 aromatic heterocycles. The summed E-state index contributed by atoms with van der Waals surface area (Å²) < 4.78 is 26.8. The molecule has 30 heavy (non-hydrogen) atoms. The summed E-state index contributed by atoms with van der Waals surface area (Å²) in [7, 11) is 0. The molecule has 2 amide bonds. The predicted molar refractivity (Wildman–Crippen MR) is 112 cm³/mol. The molecule has 1 saturated heterocycles. The molecular weight excluding hydrogens is 410 g/mol. The van der Waals surface area contributed by atoms with Crippen LogP contribution in [-0.2, 0) is 18.1 Å². The monoisotopic (exact) mass is 428 g/mol. The number of rotatable bonds is 5. The number of nitrogens with two attached hydrogens (primary N) is 1. The summed E-state index contributed by atoms with van der Waals surface area (Å²) in [5, 5.41) is 9.21. The third kappa shape index (κ3) is 3.29. The Labute approximate surface area is 177 Å². The quantitative estimate of drug-likeness (QED) is 0.736. The zero-order valence-corrected chi connectivity index (χ0v) is 17.1. The van der Waals surface area contributed by atoms with Crippen molar-refractivity contribution >= 4 is 40.5 Å². The number of benzene rings is 2. The molecule has 1 heterocycles. The fourth-order valence-corrected chi connectivity index (χ4v) is 3.99. The lowest BCUT2D eigenvalue weighted by Crippen LogP contribution is -2.44. The van der Waals surface area contributed by atoms with Crippen molar-refractivity contribution in [3.8, 4) is 6.07 Å². The Morgan fingerprint density at radius 2 is 1.73 bits per heavy atom. The molecule has 2 N–H and O–H groups in total. The summed E-state index contributed by atoms with van der Waals surface area (Å²) in [6.07, 6.45) is 0. The summed E-state index contributed by atoms with van der Waals surface area (Å²) in [6, 6.07) is 10.6. The molecule has 0 aliphatic carbocycles. The molecule has 0 bridgehead atoms. The van der Waals surface area contributed by atoms with E-state index in [0.717, 1.165) is 0 Å². The Morgan fingerprint density at radius 3 is 2.30 bits per heavy atom. The first-order valence-electron chi connectivity index (χ1n) is 8.93.